The quantitative estimate of drug-likeness (QED) is 0.636. The predicted molar refractivity (Wildman–Crippen MR) is 46.7 cm³/mol. The number of nitrogens with one attached hydrogen (secondary N) is 1. The third kappa shape index (κ3) is 7.27. The summed E-state index contributed by atoms with van der Waals surface area (Å²) in [5.74, 6) is 0. The third-order valence-electron chi connectivity index (χ3n) is 1.17. The van der Waals surface area contributed by atoms with Gasteiger partial charge in [0.05, 0.1) is 12.2 Å². The van der Waals surface area contributed by atoms with Gasteiger partial charge in [0.2, 0.25) is 0 Å². The Labute approximate surface area is 77.1 Å². The van der Waals surface area contributed by atoms with E-state index < -0.39 is 12.1 Å². The second kappa shape index (κ2) is 4.81. The van der Waals surface area contributed by atoms with Crippen LogP contribution in [0.3, 0.4) is 0 Å². The first kappa shape index (κ1) is 11.9. The topological polar surface area (TPSA) is 75.6 Å². The van der Waals surface area contributed by atoms with Gasteiger partial charge in [-0.05, 0) is 20.8 Å². The van der Waals surface area contributed by atoms with Gasteiger partial charge >= 0.3 is 6.09 Å². The highest BCUT2D eigenvalue weighted by Gasteiger charge is 2.15. The molecule has 0 saturated carbocycles. The van der Waals surface area contributed by atoms with Crippen LogP contribution in [0.4, 0.5) is 4.79 Å². The maximum Gasteiger partial charge on any atom is 0.405 e. The van der Waals surface area contributed by atoms with Gasteiger partial charge in [0.25, 0.3) is 0 Å². The molecule has 76 valence electrons. The van der Waals surface area contributed by atoms with Crippen LogP contribution in [-0.4, -0.2) is 35.7 Å². The van der Waals surface area contributed by atoms with E-state index in [1.165, 1.54) is 0 Å². The number of carbonyl (C=O) groups is 2. The maximum absolute atomic E-state index is 10.4. The fourth-order valence-electron chi connectivity index (χ4n) is 0.613. The Morgan fingerprint density at radius 2 is 2.15 bits per heavy atom. The number of aldehydes is 1. The molecule has 5 heteroatoms. The van der Waals surface area contributed by atoms with E-state index in [-0.39, 0.29) is 12.2 Å². The zero-order valence-corrected chi connectivity index (χ0v) is 8.03. The van der Waals surface area contributed by atoms with Crippen molar-refractivity contribution in [1.29, 1.82) is 0 Å². The number of carbonyl (C=O) groups excluding carboxylic acids is 1. The molecule has 1 unspecified atom stereocenters. The summed E-state index contributed by atoms with van der Waals surface area (Å²) in [4.78, 5) is 20.5. The van der Waals surface area contributed by atoms with E-state index >= 15 is 0 Å². The zero-order chi connectivity index (χ0) is 10.5. The SMILES string of the molecule is CC(C)(C)OCC(C=O)NC(=O)O. The number of rotatable bonds is 4. The van der Waals surface area contributed by atoms with Crippen LogP contribution < -0.4 is 5.32 Å². The lowest BCUT2D eigenvalue weighted by atomic mass is 10.2. The summed E-state index contributed by atoms with van der Waals surface area (Å²) in [5, 5.41) is 10.3. The molecule has 0 saturated heterocycles. The molecule has 0 aromatic rings. The second-order valence-corrected chi connectivity index (χ2v) is 3.62. The third-order valence-corrected chi connectivity index (χ3v) is 1.17. The average molecular weight is 189 g/mol. The van der Waals surface area contributed by atoms with E-state index in [1.54, 1.807) is 0 Å². The Morgan fingerprint density at radius 1 is 1.62 bits per heavy atom. The molecule has 0 aliphatic heterocycles. The van der Waals surface area contributed by atoms with Crippen LogP contribution in [-0.2, 0) is 9.53 Å². The van der Waals surface area contributed by atoms with Crippen molar-refractivity contribution >= 4 is 12.4 Å². The minimum absolute atomic E-state index is 0.0549. The first-order valence-electron chi connectivity index (χ1n) is 3.94. The first-order chi connectivity index (χ1) is 5.85. The highest BCUT2D eigenvalue weighted by molar-refractivity contribution is 5.71. The Balaban J connectivity index is 3.86. The van der Waals surface area contributed by atoms with Gasteiger partial charge in [-0.1, -0.05) is 0 Å². The largest absolute Gasteiger partial charge is 0.465 e. The van der Waals surface area contributed by atoms with Crippen molar-refractivity contribution in [2.45, 2.75) is 32.4 Å². The van der Waals surface area contributed by atoms with E-state index in [9.17, 15) is 9.59 Å². The Hall–Kier alpha value is -1.10. The summed E-state index contributed by atoms with van der Waals surface area (Å²) in [7, 11) is 0. The molecule has 1 amide bonds. The summed E-state index contributed by atoms with van der Waals surface area (Å²) in [6.45, 7) is 5.54. The van der Waals surface area contributed by atoms with Crippen molar-refractivity contribution < 1.29 is 19.4 Å². The molecule has 0 fully saturated rings. The van der Waals surface area contributed by atoms with Crippen molar-refractivity contribution in [2.24, 2.45) is 0 Å². The van der Waals surface area contributed by atoms with Gasteiger partial charge in [0, 0.05) is 0 Å². The van der Waals surface area contributed by atoms with Gasteiger partial charge in [-0.25, -0.2) is 4.79 Å². The van der Waals surface area contributed by atoms with Gasteiger partial charge in [-0.3, -0.25) is 0 Å². The average Bonchev–Trinajstić information content (AvgIpc) is 1.95. The highest BCUT2D eigenvalue weighted by atomic mass is 16.5. The molecular formula is C8H15NO4. The van der Waals surface area contributed by atoms with E-state index in [2.05, 4.69) is 0 Å². The molecular weight excluding hydrogens is 174 g/mol. The van der Waals surface area contributed by atoms with E-state index in [1.807, 2.05) is 26.1 Å². The molecule has 0 aliphatic carbocycles. The lowest BCUT2D eigenvalue weighted by Crippen LogP contribution is -2.40. The zero-order valence-electron chi connectivity index (χ0n) is 8.03. The van der Waals surface area contributed by atoms with E-state index in [0.29, 0.717) is 6.29 Å². The van der Waals surface area contributed by atoms with Gasteiger partial charge in [0.1, 0.15) is 12.3 Å². The molecule has 0 spiro atoms. The van der Waals surface area contributed by atoms with Crippen LogP contribution in [0, 0.1) is 0 Å². The minimum Gasteiger partial charge on any atom is -0.465 e. The summed E-state index contributed by atoms with van der Waals surface area (Å²) < 4.78 is 5.23. The van der Waals surface area contributed by atoms with Crippen LogP contribution in [0.15, 0.2) is 0 Å². The number of amides is 1. The summed E-state index contributed by atoms with van der Waals surface area (Å²) in [6, 6.07) is -0.795. The molecule has 0 heterocycles. The van der Waals surface area contributed by atoms with Crippen molar-refractivity contribution in [3.05, 3.63) is 0 Å². The van der Waals surface area contributed by atoms with E-state index in [0.717, 1.165) is 0 Å². The molecule has 0 aromatic heterocycles. The summed E-state index contributed by atoms with van der Waals surface area (Å²) in [5.41, 5.74) is -0.374. The Bertz CT molecular complexity index is 185. The van der Waals surface area contributed by atoms with Crippen molar-refractivity contribution in [3.63, 3.8) is 0 Å². The number of carboxylic acid groups (broad SMARTS) is 1. The number of hydrogen-bond donors (Lipinski definition) is 2. The fraction of sp³-hybridized carbons (Fsp3) is 0.750. The van der Waals surface area contributed by atoms with Gasteiger partial charge in [-0.2, -0.15) is 0 Å². The predicted octanol–water partition coefficient (Wildman–Crippen LogP) is 0.637. The lowest BCUT2D eigenvalue weighted by Gasteiger charge is -2.21. The number of hydrogen-bond acceptors (Lipinski definition) is 3. The van der Waals surface area contributed by atoms with Crippen LogP contribution in [0.1, 0.15) is 20.8 Å². The first-order valence-corrected chi connectivity index (χ1v) is 3.94. The molecule has 5 nitrogen and oxygen atoms in total. The molecule has 13 heavy (non-hydrogen) atoms. The monoisotopic (exact) mass is 189 g/mol. The highest BCUT2D eigenvalue weighted by Crippen LogP contribution is 2.06. The normalized spacial score (nSPS) is 13.5. The number of ether oxygens (including phenoxy) is 1. The minimum atomic E-state index is -1.23. The lowest BCUT2D eigenvalue weighted by molar-refractivity contribution is -0.112. The van der Waals surface area contributed by atoms with Crippen LogP contribution >= 0.6 is 0 Å². The van der Waals surface area contributed by atoms with Crippen LogP contribution in [0.25, 0.3) is 0 Å². The van der Waals surface area contributed by atoms with E-state index in [4.69, 9.17) is 9.84 Å². The fourth-order valence-corrected chi connectivity index (χ4v) is 0.613. The molecule has 0 radical (unpaired) electrons. The molecule has 1 atom stereocenters. The molecule has 0 aliphatic rings. The maximum atomic E-state index is 10.4. The Kier molecular flexibility index (Phi) is 4.40. The van der Waals surface area contributed by atoms with Crippen LogP contribution in [0.2, 0.25) is 0 Å². The Morgan fingerprint density at radius 3 is 2.46 bits per heavy atom. The van der Waals surface area contributed by atoms with Crippen molar-refractivity contribution in [3.8, 4) is 0 Å². The molecule has 0 rings (SSSR count). The smallest absolute Gasteiger partial charge is 0.405 e. The second-order valence-electron chi connectivity index (χ2n) is 3.62. The van der Waals surface area contributed by atoms with Gasteiger partial charge in [-0.15, -0.1) is 0 Å². The van der Waals surface area contributed by atoms with Crippen molar-refractivity contribution in [1.82, 2.24) is 5.32 Å². The van der Waals surface area contributed by atoms with Crippen molar-refractivity contribution in [2.75, 3.05) is 6.61 Å². The van der Waals surface area contributed by atoms with Gasteiger partial charge in [0.15, 0.2) is 0 Å². The molecule has 0 bridgehead atoms. The van der Waals surface area contributed by atoms with Gasteiger partial charge < -0.3 is 20.0 Å². The summed E-state index contributed by atoms with van der Waals surface area (Å²) in [6.07, 6.45) is -0.713. The standard InChI is InChI=1S/C8H15NO4/c1-8(2,3)13-5-6(4-10)9-7(11)12/h4,6,9H,5H2,1-3H3,(H,11,12). The molecule has 0 aromatic carbocycles. The molecule has 2 N–H and O–H groups in total. The van der Waals surface area contributed by atoms with Crippen LogP contribution in [0.5, 0.6) is 0 Å². The summed E-state index contributed by atoms with van der Waals surface area (Å²) >= 11 is 0.